The topological polar surface area (TPSA) is 20.2 Å². The highest BCUT2D eigenvalue weighted by Crippen LogP contribution is 2.56. The Bertz CT molecular complexity index is 246. The molecule has 2 bridgehead atoms. The van der Waals surface area contributed by atoms with Crippen molar-refractivity contribution < 1.29 is 5.11 Å². The predicted molar refractivity (Wildman–Crippen MR) is 47.8 cm³/mol. The number of halogens is 1. The van der Waals surface area contributed by atoms with Gasteiger partial charge in [-0.2, -0.15) is 0 Å². The fraction of sp³-hybridized carbons (Fsp3) is 0.800. The van der Waals surface area contributed by atoms with Crippen LogP contribution >= 0.6 is 11.6 Å². The molecule has 0 saturated heterocycles. The highest BCUT2D eigenvalue weighted by atomic mass is 35.5. The molecule has 3 aliphatic rings. The molecule has 2 heteroatoms. The normalized spacial score (nSPS) is 55.8. The summed E-state index contributed by atoms with van der Waals surface area (Å²) in [6.45, 7) is 0. The molecule has 0 radical (unpaired) electrons. The van der Waals surface area contributed by atoms with Crippen molar-refractivity contribution in [3.05, 3.63) is 11.1 Å². The second-order valence-corrected chi connectivity index (χ2v) is 4.97. The molecule has 0 unspecified atom stereocenters. The lowest BCUT2D eigenvalue weighted by molar-refractivity contribution is 0.130. The van der Waals surface area contributed by atoms with Crippen molar-refractivity contribution in [3.8, 4) is 0 Å². The summed E-state index contributed by atoms with van der Waals surface area (Å²) in [6.07, 6.45) is 5.59. The molecule has 3 rings (SSSR count). The van der Waals surface area contributed by atoms with Gasteiger partial charge in [-0.05, 0) is 37.0 Å². The molecular formula is C10H13ClO. The molecule has 0 spiro atoms. The average Bonchev–Trinajstić information content (AvgIpc) is 2.40. The Balaban J connectivity index is 2.05. The van der Waals surface area contributed by atoms with Crippen molar-refractivity contribution in [1.82, 2.24) is 0 Å². The van der Waals surface area contributed by atoms with Gasteiger partial charge in [0.15, 0.2) is 0 Å². The Kier molecular flexibility index (Phi) is 1.40. The summed E-state index contributed by atoms with van der Waals surface area (Å²) in [5, 5.41) is 10.7. The second-order valence-electron chi connectivity index (χ2n) is 4.54. The maximum Gasteiger partial charge on any atom is 0.0622 e. The van der Waals surface area contributed by atoms with Gasteiger partial charge in [-0.3, -0.25) is 0 Å². The molecule has 0 amide bonds. The van der Waals surface area contributed by atoms with Gasteiger partial charge in [0, 0.05) is 11.0 Å². The van der Waals surface area contributed by atoms with Crippen LogP contribution in [0.4, 0.5) is 0 Å². The number of aliphatic hydroxyl groups is 1. The van der Waals surface area contributed by atoms with E-state index in [-0.39, 0.29) is 6.10 Å². The highest BCUT2D eigenvalue weighted by molar-refractivity contribution is 6.30. The van der Waals surface area contributed by atoms with Crippen LogP contribution in [0.15, 0.2) is 11.1 Å². The van der Waals surface area contributed by atoms with E-state index in [2.05, 4.69) is 6.08 Å². The lowest BCUT2D eigenvalue weighted by Gasteiger charge is -2.25. The van der Waals surface area contributed by atoms with E-state index in [1.54, 1.807) is 0 Å². The van der Waals surface area contributed by atoms with Gasteiger partial charge >= 0.3 is 0 Å². The molecule has 12 heavy (non-hydrogen) atoms. The van der Waals surface area contributed by atoms with Crippen LogP contribution in [0, 0.1) is 23.7 Å². The summed E-state index contributed by atoms with van der Waals surface area (Å²) in [5.41, 5.74) is 0. The lowest BCUT2D eigenvalue weighted by atomic mass is 9.85. The van der Waals surface area contributed by atoms with Crippen LogP contribution in [0.3, 0.4) is 0 Å². The minimum Gasteiger partial charge on any atom is -0.392 e. The highest BCUT2D eigenvalue weighted by Gasteiger charge is 2.51. The largest absolute Gasteiger partial charge is 0.392 e. The van der Waals surface area contributed by atoms with Gasteiger partial charge < -0.3 is 5.11 Å². The molecule has 0 aliphatic heterocycles. The number of hydrogen-bond acceptors (Lipinski definition) is 1. The second kappa shape index (κ2) is 2.27. The van der Waals surface area contributed by atoms with Gasteiger partial charge in [-0.15, -0.1) is 0 Å². The van der Waals surface area contributed by atoms with Crippen LogP contribution in [0.5, 0.6) is 0 Å². The number of hydrogen-bond donors (Lipinski definition) is 1. The summed E-state index contributed by atoms with van der Waals surface area (Å²) in [7, 11) is 0. The molecular weight excluding hydrogens is 172 g/mol. The van der Waals surface area contributed by atoms with Gasteiger partial charge in [0.2, 0.25) is 0 Å². The zero-order chi connectivity index (χ0) is 8.29. The molecule has 0 aromatic carbocycles. The standard InChI is InChI=1S/C10H13ClO/c11-8-3-5-1-6-4-9(12)10(8)7(6)2-5/h3,5-7,9-10,12H,1-2,4H2/t5-,6-,7-,9+,10+/m1/s1. The maximum absolute atomic E-state index is 9.76. The molecule has 0 heterocycles. The van der Waals surface area contributed by atoms with Crippen molar-refractivity contribution in [2.24, 2.45) is 23.7 Å². The lowest BCUT2D eigenvalue weighted by Crippen LogP contribution is -2.22. The van der Waals surface area contributed by atoms with E-state index >= 15 is 0 Å². The Hall–Kier alpha value is -0.0100. The maximum atomic E-state index is 9.76. The van der Waals surface area contributed by atoms with Gasteiger partial charge in [-0.25, -0.2) is 0 Å². The van der Waals surface area contributed by atoms with Crippen molar-refractivity contribution in [2.75, 3.05) is 0 Å². The minimum absolute atomic E-state index is 0.148. The molecule has 5 atom stereocenters. The Labute approximate surface area is 77.4 Å². The van der Waals surface area contributed by atoms with Gasteiger partial charge in [-0.1, -0.05) is 17.7 Å². The number of fused-ring (bicyclic) bond motifs is 1. The minimum atomic E-state index is -0.148. The third kappa shape index (κ3) is 0.789. The number of rotatable bonds is 0. The molecule has 2 saturated carbocycles. The summed E-state index contributed by atoms with van der Waals surface area (Å²) in [6, 6.07) is 0. The monoisotopic (exact) mass is 184 g/mol. The molecule has 1 N–H and O–H groups in total. The molecule has 0 aromatic rings. The van der Waals surface area contributed by atoms with Crippen LogP contribution < -0.4 is 0 Å². The zero-order valence-electron chi connectivity index (χ0n) is 6.91. The average molecular weight is 185 g/mol. The van der Waals surface area contributed by atoms with E-state index in [0.29, 0.717) is 11.8 Å². The van der Waals surface area contributed by atoms with E-state index in [4.69, 9.17) is 11.6 Å². The van der Waals surface area contributed by atoms with Crippen LogP contribution in [-0.4, -0.2) is 11.2 Å². The van der Waals surface area contributed by atoms with Gasteiger partial charge in [0.1, 0.15) is 0 Å². The molecule has 1 nitrogen and oxygen atoms in total. The molecule has 0 aromatic heterocycles. The first-order valence-corrected chi connectivity index (χ1v) is 5.19. The van der Waals surface area contributed by atoms with Gasteiger partial charge in [0.05, 0.1) is 6.10 Å². The van der Waals surface area contributed by atoms with Gasteiger partial charge in [0.25, 0.3) is 0 Å². The summed E-state index contributed by atoms with van der Waals surface area (Å²) in [4.78, 5) is 0. The van der Waals surface area contributed by atoms with E-state index in [0.717, 1.165) is 23.3 Å². The summed E-state index contributed by atoms with van der Waals surface area (Å²) in [5.74, 6) is 2.51. The molecule has 3 aliphatic carbocycles. The third-order valence-corrected chi connectivity index (χ3v) is 4.30. The van der Waals surface area contributed by atoms with Crippen LogP contribution in [-0.2, 0) is 0 Å². The third-order valence-electron chi connectivity index (χ3n) is 3.92. The van der Waals surface area contributed by atoms with E-state index in [9.17, 15) is 5.11 Å². The first-order chi connectivity index (χ1) is 5.75. The van der Waals surface area contributed by atoms with Crippen molar-refractivity contribution >= 4 is 11.6 Å². The SMILES string of the molecule is O[C@H]1C[C@H]2C[C@H]3C=C(Cl)[C@@H]1[C@@H]2C3. The molecule has 2 fully saturated rings. The van der Waals surface area contributed by atoms with Crippen molar-refractivity contribution in [2.45, 2.75) is 25.4 Å². The summed E-state index contributed by atoms with van der Waals surface area (Å²) < 4.78 is 0. The van der Waals surface area contributed by atoms with E-state index in [1.807, 2.05) is 0 Å². The Morgan fingerprint density at radius 2 is 2.17 bits per heavy atom. The first kappa shape index (κ1) is 7.40. The quantitative estimate of drug-likeness (QED) is 0.612. The molecule has 66 valence electrons. The Morgan fingerprint density at radius 3 is 3.00 bits per heavy atom. The van der Waals surface area contributed by atoms with Crippen molar-refractivity contribution in [3.63, 3.8) is 0 Å². The van der Waals surface area contributed by atoms with Crippen LogP contribution in [0.2, 0.25) is 0 Å². The fourth-order valence-electron chi connectivity index (χ4n) is 3.52. The van der Waals surface area contributed by atoms with Crippen LogP contribution in [0.25, 0.3) is 0 Å². The summed E-state index contributed by atoms with van der Waals surface area (Å²) >= 11 is 6.14. The van der Waals surface area contributed by atoms with E-state index in [1.165, 1.54) is 12.8 Å². The number of aliphatic hydroxyl groups excluding tert-OH is 1. The van der Waals surface area contributed by atoms with Crippen molar-refractivity contribution in [1.29, 1.82) is 0 Å². The first-order valence-electron chi connectivity index (χ1n) is 4.81. The van der Waals surface area contributed by atoms with Crippen LogP contribution in [0.1, 0.15) is 19.3 Å². The zero-order valence-corrected chi connectivity index (χ0v) is 7.67. The Morgan fingerprint density at radius 1 is 1.33 bits per heavy atom. The van der Waals surface area contributed by atoms with E-state index < -0.39 is 0 Å². The predicted octanol–water partition coefficient (Wildman–Crippen LogP) is 2.15. The smallest absolute Gasteiger partial charge is 0.0622 e. The number of allylic oxidation sites excluding steroid dienone is 1. The fourth-order valence-corrected chi connectivity index (χ4v) is 4.00.